The molecule has 0 spiro atoms. The molecule has 3 nitrogen and oxygen atoms in total. The molecule has 5 heteroatoms. The highest BCUT2D eigenvalue weighted by atomic mass is 35.5. The molecule has 0 atom stereocenters. The lowest BCUT2D eigenvalue weighted by Crippen LogP contribution is -2.24. The van der Waals surface area contributed by atoms with Gasteiger partial charge in [0.25, 0.3) is 5.91 Å². The first-order chi connectivity index (χ1) is 7.24. The number of halogens is 1. The molecule has 0 aliphatic carbocycles. The summed E-state index contributed by atoms with van der Waals surface area (Å²) in [5.74, 6) is 0.958. The first-order valence-electron chi connectivity index (χ1n) is 4.62. The molecule has 1 amide bonds. The molecule has 0 aromatic carbocycles. The number of nitrogens with one attached hydrogen (secondary N) is 1. The maximum Gasteiger partial charge on any atom is 0.252 e. The van der Waals surface area contributed by atoms with Gasteiger partial charge in [-0.15, -0.1) is 0 Å². The highest BCUT2D eigenvalue weighted by molar-refractivity contribution is 7.98. The Morgan fingerprint density at radius 2 is 2.40 bits per heavy atom. The van der Waals surface area contributed by atoms with Crippen molar-refractivity contribution in [1.82, 2.24) is 10.3 Å². The molecule has 0 unspecified atom stereocenters. The van der Waals surface area contributed by atoms with Gasteiger partial charge in [0.05, 0.1) is 5.56 Å². The Balaban J connectivity index is 2.37. The maximum absolute atomic E-state index is 11.5. The normalized spacial score (nSPS) is 10.0. The quantitative estimate of drug-likeness (QED) is 0.638. The van der Waals surface area contributed by atoms with Gasteiger partial charge in [-0.1, -0.05) is 11.6 Å². The van der Waals surface area contributed by atoms with Crippen molar-refractivity contribution in [1.29, 1.82) is 0 Å². The van der Waals surface area contributed by atoms with Crippen molar-refractivity contribution in [2.75, 3.05) is 18.6 Å². The minimum absolute atomic E-state index is 0.0970. The van der Waals surface area contributed by atoms with Gasteiger partial charge in [0.2, 0.25) is 0 Å². The Morgan fingerprint density at radius 1 is 1.60 bits per heavy atom. The van der Waals surface area contributed by atoms with Crippen LogP contribution in [0.15, 0.2) is 18.3 Å². The number of aromatic nitrogens is 1. The van der Waals surface area contributed by atoms with E-state index < -0.39 is 0 Å². The van der Waals surface area contributed by atoms with E-state index in [0.29, 0.717) is 17.3 Å². The van der Waals surface area contributed by atoms with Crippen LogP contribution in [-0.2, 0) is 0 Å². The van der Waals surface area contributed by atoms with Gasteiger partial charge >= 0.3 is 0 Å². The number of hydrogen-bond acceptors (Lipinski definition) is 3. The number of amides is 1. The Kier molecular flexibility index (Phi) is 5.50. The predicted octanol–water partition coefficient (Wildman–Crippen LogP) is 2.22. The van der Waals surface area contributed by atoms with Crippen molar-refractivity contribution in [3.05, 3.63) is 29.0 Å². The summed E-state index contributed by atoms with van der Waals surface area (Å²) in [4.78, 5) is 15.4. The van der Waals surface area contributed by atoms with E-state index in [1.807, 2.05) is 6.26 Å². The number of nitrogens with zero attached hydrogens (tertiary/aromatic N) is 1. The van der Waals surface area contributed by atoms with E-state index in [-0.39, 0.29) is 5.91 Å². The largest absolute Gasteiger partial charge is 0.352 e. The summed E-state index contributed by atoms with van der Waals surface area (Å²) in [6, 6.07) is 3.28. The van der Waals surface area contributed by atoms with Gasteiger partial charge in [-0.05, 0) is 30.6 Å². The number of rotatable bonds is 5. The van der Waals surface area contributed by atoms with Crippen LogP contribution in [0.3, 0.4) is 0 Å². The molecule has 1 aromatic rings. The summed E-state index contributed by atoms with van der Waals surface area (Å²) in [6.07, 6.45) is 4.51. The third-order valence-electron chi connectivity index (χ3n) is 1.80. The molecule has 0 saturated heterocycles. The Morgan fingerprint density at radius 3 is 3.00 bits per heavy atom. The number of carbonyl (C=O) groups is 1. The lowest BCUT2D eigenvalue weighted by Gasteiger charge is -2.03. The monoisotopic (exact) mass is 244 g/mol. The summed E-state index contributed by atoms with van der Waals surface area (Å²) in [7, 11) is 0. The molecule has 1 heterocycles. The van der Waals surface area contributed by atoms with Crippen LogP contribution in [0.4, 0.5) is 0 Å². The number of thioether (sulfide) groups is 1. The fourth-order valence-electron chi connectivity index (χ4n) is 1.03. The topological polar surface area (TPSA) is 42.0 Å². The first kappa shape index (κ1) is 12.3. The molecule has 0 aliphatic heterocycles. The van der Waals surface area contributed by atoms with Crippen molar-refractivity contribution in [3.8, 4) is 0 Å². The van der Waals surface area contributed by atoms with Crippen molar-refractivity contribution in [2.45, 2.75) is 6.42 Å². The minimum atomic E-state index is -0.0970. The van der Waals surface area contributed by atoms with E-state index in [9.17, 15) is 4.79 Å². The van der Waals surface area contributed by atoms with E-state index in [4.69, 9.17) is 11.6 Å². The zero-order valence-electron chi connectivity index (χ0n) is 8.50. The van der Waals surface area contributed by atoms with E-state index in [1.165, 1.54) is 6.20 Å². The van der Waals surface area contributed by atoms with Crippen LogP contribution in [0.2, 0.25) is 5.15 Å². The van der Waals surface area contributed by atoms with Crippen LogP contribution in [0, 0.1) is 0 Å². The van der Waals surface area contributed by atoms with E-state index in [2.05, 4.69) is 10.3 Å². The van der Waals surface area contributed by atoms with E-state index >= 15 is 0 Å². The highest BCUT2D eigenvalue weighted by Gasteiger charge is 2.04. The zero-order valence-corrected chi connectivity index (χ0v) is 10.1. The van der Waals surface area contributed by atoms with Crippen LogP contribution < -0.4 is 5.32 Å². The fourth-order valence-corrected chi connectivity index (χ4v) is 1.58. The van der Waals surface area contributed by atoms with Gasteiger partial charge in [0.15, 0.2) is 0 Å². The van der Waals surface area contributed by atoms with Gasteiger partial charge in [-0.2, -0.15) is 11.8 Å². The number of hydrogen-bond donors (Lipinski definition) is 1. The van der Waals surface area contributed by atoms with E-state index in [0.717, 1.165) is 12.2 Å². The fraction of sp³-hybridized carbons (Fsp3) is 0.400. The molecule has 1 aromatic heterocycles. The van der Waals surface area contributed by atoms with Gasteiger partial charge in [0, 0.05) is 12.7 Å². The molecule has 15 heavy (non-hydrogen) atoms. The third-order valence-corrected chi connectivity index (χ3v) is 2.72. The number of pyridine rings is 1. The highest BCUT2D eigenvalue weighted by Crippen LogP contribution is 2.05. The average Bonchev–Trinajstić information content (AvgIpc) is 2.25. The summed E-state index contributed by atoms with van der Waals surface area (Å²) in [5.41, 5.74) is 0.545. The van der Waals surface area contributed by atoms with Crippen LogP contribution >= 0.6 is 23.4 Å². The second-order valence-electron chi connectivity index (χ2n) is 2.97. The van der Waals surface area contributed by atoms with Crippen molar-refractivity contribution in [3.63, 3.8) is 0 Å². The summed E-state index contributed by atoms with van der Waals surface area (Å²) < 4.78 is 0. The SMILES string of the molecule is CSCCCNC(=O)c1ccc(Cl)nc1. The molecule has 1 N–H and O–H groups in total. The van der Waals surface area contributed by atoms with Gasteiger partial charge in [0.1, 0.15) is 5.15 Å². The second-order valence-corrected chi connectivity index (χ2v) is 4.34. The van der Waals surface area contributed by atoms with Crippen LogP contribution in [0.1, 0.15) is 16.8 Å². The lowest BCUT2D eigenvalue weighted by molar-refractivity contribution is 0.0953. The molecule has 1 rings (SSSR count). The predicted molar refractivity (Wildman–Crippen MR) is 64.6 cm³/mol. The summed E-state index contributed by atoms with van der Waals surface area (Å²) in [6.45, 7) is 0.697. The molecular weight excluding hydrogens is 232 g/mol. The molecular formula is C10H13ClN2OS. The van der Waals surface area contributed by atoms with Gasteiger partial charge in [-0.25, -0.2) is 4.98 Å². The van der Waals surface area contributed by atoms with Crippen LogP contribution in [-0.4, -0.2) is 29.4 Å². The van der Waals surface area contributed by atoms with Crippen molar-refractivity contribution < 1.29 is 4.79 Å². The summed E-state index contributed by atoms with van der Waals surface area (Å²) in [5, 5.41) is 3.22. The second kappa shape index (κ2) is 6.69. The first-order valence-corrected chi connectivity index (χ1v) is 6.40. The molecule has 0 saturated carbocycles. The van der Waals surface area contributed by atoms with Crippen LogP contribution in [0.25, 0.3) is 0 Å². The number of carbonyl (C=O) groups excluding carboxylic acids is 1. The Bertz CT molecular complexity index is 316. The lowest BCUT2D eigenvalue weighted by atomic mass is 10.2. The van der Waals surface area contributed by atoms with Crippen molar-refractivity contribution in [2.24, 2.45) is 0 Å². The summed E-state index contributed by atoms with van der Waals surface area (Å²) >= 11 is 7.39. The van der Waals surface area contributed by atoms with Gasteiger partial charge in [-0.3, -0.25) is 4.79 Å². The minimum Gasteiger partial charge on any atom is -0.352 e. The third kappa shape index (κ3) is 4.53. The van der Waals surface area contributed by atoms with Crippen molar-refractivity contribution >= 4 is 29.3 Å². The standard InChI is InChI=1S/C10H13ClN2OS/c1-15-6-2-5-12-10(14)8-3-4-9(11)13-7-8/h3-4,7H,2,5-6H2,1H3,(H,12,14). The molecule has 0 fully saturated rings. The Labute approximate surface area is 98.6 Å². The zero-order chi connectivity index (χ0) is 11.1. The molecule has 82 valence electrons. The molecule has 0 bridgehead atoms. The maximum atomic E-state index is 11.5. The molecule has 0 aliphatic rings. The molecule has 0 radical (unpaired) electrons. The Hall–Kier alpha value is -0.740. The van der Waals surface area contributed by atoms with Gasteiger partial charge < -0.3 is 5.32 Å². The van der Waals surface area contributed by atoms with Crippen LogP contribution in [0.5, 0.6) is 0 Å². The smallest absolute Gasteiger partial charge is 0.252 e. The van der Waals surface area contributed by atoms with E-state index in [1.54, 1.807) is 23.9 Å². The average molecular weight is 245 g/mol.